The van der Waals surface area contributed by atoms with Crippen LogP contribution >= 0.6 is 0 Å². The summed E-state index contributed by atoms with van der Waals surface area (Å²) in [4.78, 5) is 10.7. The van der Waals surface area contributed by atoms with Crippen LogP contribution in [0.2, 0.25) is 0 Å². The zero-order valence-electron chi connectivity index (χ0n) is 8.65. The maximum atomic E-state index is 10.7. The molecule has 0 heterocycles. The van der Waals surface area contributed by atoms with E-state index in [4.69, 9.17) is 5.73 Å². The Bertz CT molecular complexity index is 371. The molecule has 3 N–H and O–H groups in total. The van der Waals surface area contributed by atoms with Crippen molar-refractivity contribution in [3.63, 3.8) is 0 Å². The maximum Gasteiger partial charge on any atom is 0.427 e. The molecule has 80 valence electrons. The Morgan fingerprint density at radius 1 is 1.40 bits per heavy atom. The smallest absolute Gasteiger partial charge is 0.427 e. The molecule has 0 aliphatic carbocycles. The van der Waals surface area contributed by atoms with E-state index in [1.54, 1.807) is 19.1 Å². The minimum Gasteiger partial charge on any atom is -0.452 e. The first-order valence-electron chi connectivity index (χ1n) is 4.37. The lowest BCUT2D eigenvalue weighted by Gasteiger charge is -2.02. The van der Waals surface area contributed by atoms with Crippen molar-refractivity contribution < 1.29 is 9.53 Å². The largest absolute Gasteiger partial charge is 0.452 e. The SMILES string of the molecule is COC(=O)N/N=C(/C)c1ccc(N)cc1. The van der Waals surface area contributed by atoms with E-state index in [0.717, 1.165) is 5.56 Å². The lowest BCUT2D eigenvalue weighted by Crippen LogP contribution is -2.18. The Kier molecular flexibility index (Phi) is 3.68. The van der Waals surface area contributed by atoms with Crippen LogP contribution in [-0.4, -0.2) is 18.9 Å². The lowest BCUT2D eigenvalue weighted by molar-refractivity contribution is 0.171. The van der Waals surface area contributed by atoms with Crippen molar-refractivity contribution in [2.45, 2.75) is 6.92 Å². The van der Waals surface area contributed by atoms with Gasteiger partial charge in [0.15, 0.2) is 0 Å². The van der Waals surface area contributed by atoms with Crippen molar-refractivity contribution in [3.05, 3.63) is 29.8 Å². The highest BCUT2D eigenvalue weighted by molar-refractivity contribution is 5.99. The van der Waals surface area contributed by atoms with Crippen molar-refractivity contribution in [2.75, 3.05) is 12.8 Å². The third kappa shape index (κ3) is 3.30. The molecule has 1 aromatic carbocycles. The van der Waals surface area contributed by atoms with Crippen LogP contribution in [0.25, 0.3) is 0 Å². The molecule has 0 fully saturated rings. The van der Waals surface area contributed by atoms with Gasteiger partial charge in [0.1, 0.15) is 0 Å². The number of ether oxygens (including phenoxy) is 1. The Labute approximate surface area is 87.9 Å². The van der Waals surface area contributed by atoms with Gasteiger partial charge in [-0.3, -0.25) is 0 Å². The van der Waals surface area contributed by atoms with Crippen molar-refractivity contribution >= 4 is 17.5 Å². The van der Waals surface area contributed by atoms with E-state index in [9.17, 15) is 4.79 Å². The van der Waals surface area contributed by atoms with Crippen LogP contribution in [0.3, 0.4) is 0 Å². The molecule has 0 spiro atoms. The molecule has 0 saturated carbocycles. The molecule has 0 bridgehead atoms. The first-order chi connectivity index (χ1) is 7.13. The number of nitrogen functional groups attached to an aromatic ring is 1. The number of nitrogens with two attached hydrogens (primary N) is 1. The number of hydrogen-bond acceptors (Lipinski definition) is 4. The minimum absolute atomic E-state index is 0.593. The van der Waals surface area contributed by atoms with Gasteiger partial charge in [0.05, 0.1) is 12.8 Å². The maximum absolute atomic E-state index is 10.7. The highest BCUT2D eigenvalue weighted by Gasteiger charge is 1.99. The molecule has 1 aromatic rings. The van der Waals surface area contributed by atoms with Crippen molar-refractivity contribution in [3.8, 4) is 0 Å². The third-order valence-electron chi connectivity index (χ3n) is 1.83. The quantitative estimate of drug-likeness (QED) is 0.436. The fraction of sp³-hybridized carbons (Fsp3) is 0.200. The molecule has 5 nitrogen and oxygen atoms in total. The van der Waals surface area contributed by atoms with E-state index >= 15 is 0 Å². The average molecular weight is 207 g/mol. The van der Waals surface area contributed by atoms with Gasteiger partial charge in [-0.25, -0.2) is 10.2 Å². The predicted octanol–water partition coefficient (Wildman–Crippen LogP) is 1.35. The van der Waals surface area contributed by atoms with E-state index in [1.807, 2.05) is 12.1 Å². The first-order valence-corrected chi connectivity index (χ1v) is 4.37. The van der Waals surface area contributed by atoms with Crippen LogP contribution in [0.1, 0.15) is 12.5 Å². The number of benzene rings is 1. The summed E-state index contributed by atoms with van der Waals surface area (Å²) >= 11 is 0. The summed E-state index contributed by atoms with van der Waals surface area (Å²) in [5.74, 6) is 0. The number of carbonyl (C=O) groups excluding carboxylic acids is 1. The number of rotatable bonds is 2. The molecule has 1 amide bonds. The number of nitrogens with zero attached hydrogens (tertiary/aromatic N) is 1. The van der Waals surface area contributed by atoms with Gasteiger partial charge in [-0.1, -0.05) is 12.1 Å². The lowest BCUT2D eigenvalue weighted by atomic mass is 10.1. The Morgan fingerprint density at radius 2 is 2.00 bits per heavy atom. The normalized spacial score (nSPS) is 10.9. The fourth-order valence-corrected chi connectivity index (χ4v) is 0.964. The second kappa shape index (κ2) is 4.99. The fourth-order valence-electron chi connectivity index (χ4n) is 0.964. The van der Waals surface area contributed by atoms with Gasteiger partial charge >= 0.3 is 6.09 Å². The van der Waals surface area contributed by atoms with Crippen molar-refractivity contribution in [1.29, 1.82) is 0 Å². The zero-order chi connectivity index (χ0) is 11.3. The van der Waals surface area contributed by atoms with Crippen LogP contribution in [0.5, 0.6) is 0 Å². The van der Waals surface area contributed by atoms with Gasteiger partial charge in [0, 0.05) is 5.69 Å². The molecule has 0 aliphatic rings. The second-order valence-electron chi connectivity index (χ2n) is 2.92. The van der Waals surface area contributed by atoms with Crippen LogP contribution in [0, 0.1) is 0 Å². The molecule has 0 unspecified atom stereocenters. The van der Waals surface area contributed by atoms with Crippen LogP contribution in [0.4, 0.5) is 10.5 Å². The van der Waals surface area contributed by atoms with E-state index in [1.165, 1.54) is 7.11 Å². The second-order valence-corrected chi connectivity index (χ2v) is 2.92. The molecule has 0 radical (unpaired) electrons. The molecule has 15 heavy (non-hydrogen) atoms. The highest BCUT2D eigenvalue weighted by Crippen LogP contribution is 2.06. The van der Waals surface area contributed by atoms with Gasteiger partial charge in [0.2, 0.25) is 0 Å². The molecule has 0 atom stereocenters. The highest BCUT2D eigenvalue weighted by atomic mass is 16.5. The predicted molar refractivity (Wildman–Crippen MR) is 58.6 cm³/mol. The molecule has 0 aliphatic heterocycles. The van der Waals surface area contributed by atoms with Gasteiger partial charge in [0.25, 0.3) is 0 Å². The van der Waals surface area contributed by atoms with E-state index in [0.29, 0.717) is 11.4 Å². The summed E-state index contributed by atoms with van der Waals surface area (Å²) in [6.07, 6.45) is -0.593. The minimum atomic E-state index is -0.593. The number of methoxy groups -OCH3 is 1. The summed E-state index contributed by atoms with van der Waals surface area (Å²) < 4.78 is 4.38. The van der Waals surface area contributed by atoms with Gasteiger partial charge < -0.3 is 10.5 Å². The van der Waals surface area contributed by atoms with Gasteiger partial charge in [-0.05, 0) is 24.6 Å². The van der Waals surface area contributed by atoms with E-state index in [-0.39, 0.29) is 0 Å². The zero-order valence-corrected chi connectivity index (χ0v) is 8.65. The summed E-state index contributed by atoms with van der Waals surface area (Å²) in [5.41, 5.74) is 10.0. The molecular formula is C10H13N3O2. The molecule has 0 aromatic heterocycles. The topological polar surface area (TPSA) is 76.7 Å². The van der Waals surface area contributed by atoms with Crippen molar-refractivity contribution in [1.82, 2.24) is 5.43 Å². The standard InChI is InChI=1S/C10H13N3O2/c1-7(12-13-10(14)15-2)8-3-5-9(11)6-4-8/h3-6H,11H2,1-2H3,(H,13,14)/b12-7-. The monoisotopic (exact) mass is 207 g/mol. The molecule has 0 saturated heterocycles. The number of carbonyl (C=O) groups is 1. The van der Waals surface area contributed by atoms with Crippen LogP contribution in [-0.2, 0) is 4.74 Å². The van der Waals surface area contributed by atoms with Crippen molar-refractivity contribution in [2.24, 2.45) is 5.10 Å². The summed E-state index contributed by atoms with van der Waals surface area (Å²) in [7, 11) is 1.28. The van der Waals surface area contributed by atoms with Crippen LogP contribution in [0.15, 0.2) is 29.4 Å². The number of amides is 1. The summed E-state index contributed by atoms with van der Waals surface area (Å²) in [6.45, 7) is 1.78. The van der Waals surface area contributed by atoms with E-state index < -0.39 is 6.09 Å². The average Bonchev–Trinajstić information content (AvgIpc) is 2.26. The molecule has 1 rings (SSSR count). The third-order valence-corrected chi connectivity index (χ3v) is 1.83. The summed E-state index contributed by atoms with van der Waals surface area (Å²) in [5, 5.41) is 3.85. The Balaban J connectivity index is 2.71. The molecule has 5 heteroatoms. The number of hydrazone groups is 1. The van der Waals surface area contributed by atoms with Crippen LogP contribution < -0.4 is 11.2 Å². The summed E-state index contributed by atoms with van der Waals surface area (Å²) in [6, 6.07) is 7.19. The van der Waals surface area contributed by atoms with E-state index in [2.05, 4.69) is 15.3 Å². The van der Waals surface area contributed by atoms with Gasteiger partial charge in [-0.2, -0.15) is 5.10 Å². The number of anilines is 1. The number of nitrogens with one attached hydrogen (secondary N) is 1. The number of hydrogen-bond donors (Lipinski definition) is 2. The molecular weight excluding hydrogens is 194 g/mol. The Hall–Kier alpha value is -2.04. The van der Waals surface area contributed by atoms with Gasteiger partial charge in [-0.15, -0.1) is 0 Å². The first kappa shape index (κ1) is 11.0. The Morgan fingerprint density at radius 3 is 2.53 bits per heavy atom.